The van der Waals surface area contributed by atoms with Gasteiger partial charge in [0, 0.05) is 24.0 Å². The Morgan fingerprint density at radius 3 is 2.50 bits per heavy atom. The number of hydrogen-bond acceptors (Lipinski definition) is 4. The Hall–Kier alpha value is -1.70. The van der Waals surface area contributed by atoms with Crippen LogP contribution in [-0.4, -0.2) is 25.2 Å². The van der Waals surface area contributed by atoms with Crippen molar-refractivity contribution in [3.8, 4) is 0 Å². The minimum Gasteiger partial charge on any atom is -0.326 e. The molecule has 1 aliphatic heterocycles. The van der Waals surface area contributed by atoms with E-state index in [4.69, 9.17) is 0 Å². The van der Waals surface area contributed by atoms with Crippen molar-refractivity contribution in [3.05, 3.63) is 46.2 Å². The lowest BCUT2D eigenvalue weighted by molar-refractivity contribution is -0.114. The van der Waals surface area contributed by atoms with Crippen LogP contribution in [0.25, 0.3) is 0 Å². The molecule has 0 spiro atoms. The number of rotatable bonds is 4. The zero-order chi connectivity index (χ0) is 18.7. The van der Waals surface area contributed by atoms with Gasteiger partial charge in [0.15, 0.2) is 0 Å². The quantitative estimate of drug-likeness (QED) is 0.842. The fourth-order valence-electron chi connectivity index (χ4n) is 3.41. The topological polar surface area (TPSA) is 66.5 Å². The van der Waals surface area contributed by atoms with E-state index in [0.717, 1.165) is 36.1 Å². The van der Waals surface area contributed by atoms with Gasteiger partial charge in [0.2, 0.25) is 15.9 Å². The molecule has 7 heteroatoms. The van der Waals surface area contributed by atoms with E-state index < -0.39 is 10.0 Å². The van der Waals surface area contributed by atoms with Crippen LogP contribution in [0.2, 0.25) is 0 Å². The molecular formula is C19H24N2O3S2. The molecule has 0 aliphatic carbocycles. The lowest BCUT2D eigenvalue weighted by atomic mass is 10.1. The first kappa shape index (κ1) is 19.1. The molecule has 1 saturated heterocycles. The second kappa shape index (κ2) is 7.90. The number of aryl methyl sites for hydroxylation is 1. The summed E-state index contributed by atoms with van der Waals surface area (Å²) < 4.78 is 28.3. The van der Waals surface area contributed by atoms with Gasteiger partial charge in [-0.15, -0.1) is 11.3 Å². The molecule has 1 N–H and O–H groups in total. The summed E-state index contributed by atoms with van der Waals surface area (Å²) in [5.41, 5.74) is 1.75. The monoisotopic (exact) mass is 392 g/mol. The van der Waals surface area contributed by atoms with Crippen LogP contribution >= 0.6 is 11.3 Å². The van der Waals surface area contributed by atoms with Gasteiger partial charge in [0.1, 0.15) is 0 Å². The van der Waals surface area contributed by atoms with Gasteiger partial charge in [0.05, 0.1) is 10.9 Å². The molecule has 0 saturated carbocycles. The number of sulfonamides is 1. The van der Waals surface area contributed by atoms with Crippen LogP contribution in [-0.2, 0) is 14.8 Å². The minimum absolute atomic E-state index is 0.0995. The van der Waals surface area contributed by atoms with Gasteiger partial charge >= 0.3 is 0 Å². The van der Waals surface area contributed by atoms with E-state index >= 15 is 0 Å². The molecule has 1 aliphatic rings. The molecule has 2 heterocycles. The predicted octanol–water partition coefficient (Wildman–Crippen LogP) is 4.32. The van der Waals surface area contributed by atoms with Gasteiger partial charge in [-0.25, -0.2) is 8.42 Å². The first-order valence-electron chi connectivity index (χ1n) is 8.83. The third-order valence-electron chi connectivity index (χ3n) is 4.69. The summed E-state index contributed by atoms with van der Waals surface area (Å²) in [7, 11) is -3.60. The number of nitrogens with one attached hydrogen (secondary N) is 1. The third kappa shape index (κ3) is 4.00. The van der Waals surface area contributed by atoms with Crippen molar-refractivity contribution in [1.82, 2.24) is 4.31 Å². The van der Waals surface area contributed by atoms with E-state index in [-0.39, 0.29) is 16.8 Å². The standard InChI is InChI=1S/C19H24N2O3S2/c1-14-11-13-25-19(14)18-6-4-3-5-12-21(18)26(23,24)17-9-7-16(8-10-17)20-15(2)22/h7-11,13,18H,3-6,12H2,1-2H3,(H,20,22)/t18-/m1/s1. The van der Waals surface area contributed by atoms with Gasteiger partial charge in [-0.1, -0.05) is 12.8 Å². The maximum absolute atomic E-state index is 13.3. The van der Waals surface area contributed by atoms with Crippen molar-refractivity contribution in [3.63, 3.8) is 0 Å². The fraction of sp³-hybridized carbons (Fsp3) is 0.421. The molecule has 0 unspecified atom stereocenters. The molecule has 26 heavy (non-hydrogen) atoms. The number of anilines is 1. The lowest BCUT2D eigenvalue weighted by Crippen LogP contribution is -2.34. The summed E-state index contributed by atoms with van der Waals surface area (Å²) in [6, 6.07) is 8.37. The molecule has 1 fully saturated rings. The van der Waals surface area contributed by atoms with Crippen LogP contribution in [0.15, 0.2) is 40.6 Å². The predicted molar refractivity (Wildman–Crippen MR) is 105 cm³/mol. The van der Waals surface area contributed by atoms with Crippen LogP contribution in [0.4, 0.5) is 5.69 Å². The Morgan fingerprint density at radius 1 is 1.15 bits per heavy atom. The first-order valence-corrected chi connectivity index (χ1v) is 11.1. The molecule has 0 bridgehead atoms. The molecule has 1 atom stereocenters. The van der Waals surface area contributed by atoms with Crippen LogP contribution in [0.3, 0.4) is 0 Å². The van der Waals surface area contributed by atoms with Gasteiger partial charge in [0.25, 0.3) is 0 Å². The Balaban J connectivity index is 1.94. The molecule has 1 aromatic heterocycles. The second-order valence-corrected chi connectivity index (χ2v) is 9.49. The number of benzene rings is 1. The number of carbonyl (C=O) groups is 1. The van der Waals surface area contributed by atoms with Crippen molar-refractivity contribution in [2.45, 2.75) is 50.5 Å². The Labute approximate surface area is 159 Å². The summed E-state index contributed by atoms with van der Waals surface area (Å²) in [4.78, 5) is 12.6. The molecule has 5 nitrogen and oxygen atoms in total. The highest BCUT2D eigenvalue weighted by atomic mass is 32.2. The summed E-state index contributed by atoms with van der Waals surface area (Å²) in [5, 5.41) is 4.70. The molecular weight excluding hydrogens is 368 g/mol. The van der Waals surface area contributed by atoms with E-state index in [9.17, 15) is 13.2 Å². The molecule has 1 aromatic carbocycles. The maximum atomic E-state index is 13.3. The van der Waals surface area contributed by atoms with Crippen molar-refractivity contribution in [2.24, 2.45) is 0 Å². The molecule has 1 amide bonds. The largest absolute Gasteiger partial charge is 0.326 e. The SMILES string of the molecule is CC(=O)Nc1ccc(S(=O)(=O)N2CCCCC[C@@H]2c2sccc2C)cc1. The fourth-order valence-corrected chi connectivity index (χ4v) is 6.21. The Morgan fingerprint density at radius 2 is 1.88 bits per heavy atom. The summed E-state index contributed by atoms with van der Waals surface area (Å²) in [5.74, 6) is -0.179. The smallest absolute Gasteiger partial charge is 0.243 e. The first-order chi connectivity index (χ1) is 12.4. The zero-order valence-corrected chi connectivity index (χ0v) is 16.7. The van der Waals surface area contributed by atoms with Crippen LogP contribution < -0.4 is 5.32 Å². The van der Waals surface area contributed by atoms with E-state index in [1.165, 1.54) is 6.92 Å². The van der Waals surface area contributed by atoms with E-state index in [0.29, 0.717) is 12.2 Å². The highest BCUT2D eigenvalue weighted by Crippen LogP contribution is 2.38. The molecule has 3 rings (SSSR count). The second-order valence-electron chi connectivity index (χ2n) is 6.65. The number of carbonyl (C=O) groups excluding carboxylic acids is 1. The average Bonchev–Trinajstić information content (AvgIpc) is 2.87. The highest BCUT2D eigenvalue weighted by Gasteiger charge is 2.34. The van der Waals surface area contributed by atoms with Crippen LogP contribution in [0.1, 0.15) is 49.1 Å². The van der Waals surface area contributed by atoms with Gasteiger partial charge in [-0.2, -0.15) is 4.31 Å². The van der Waals surface area contributed by atoms with Gasteiger partial charge in [-0.3, -0.25) is 4.79 Å². The lowest BCUT2D eigenvalue weighted by Gasteiger charge is -2.29. The summed E-state index contributed by atoms with van der Waals surface area (Å²) in [6.07, 6.45) is 3.82. The third-order valence-corrected chi connectivity index (χ3v) is 7.73. The van der Waals surface area contributed by atoms with Crippen molar-refractivity contribution in [1.29, 1.82) is 0 Å². The van der Waals surface area contributed by atoms with Crippen molar-refractivity contribution < 1.29 is 13.2 Å². The van der Waals surface area contributed by atoms with Gasteiger partial charge in [-0.05, 0) is 61.0 Å². The molecule has 2 aromatic rings. The summed E-state index contributed by atoms with van der Waals surface area (Å²) in [6.45, 7) is 4.01. The van der Waals surface area contributed by atoms with Crippen molar-refractivity contribution >= 4 is 33.0 Å². The Bertz CT molecular complexity index is 872. The number of nitrogens with zero attached hydrogens (tertiary/aromatic N) is 1. The molecule has 140 valence electrons. The van der Waals surface area contributed by atoms with E-state index in [1.54, 1.807) is 39.9 Å². The van der Waals surface area contributed by atoms with Crippen LogP contribution in [0.5, 0.6) is 0 Å². The highest BCUT2D eigenvalue weighted by molar-refractivity contribution is 7.89. The number of amides is 1. The normalized spacial score (nSPS) is 19.1. The minimum atomic E-state index is -3.60. The van der Waals surface area contributed by atoms with E-state index in [1.807, 2.05) is 12.3 Å². The van der Waals surface area contributed by atoms with Crippen molar-refractivity contribution in [2.75, 3.05) is 11.9 Å². The molecule has 0 radical (unpaired) electrons. The van der Waals surface area contributed by atoms with E-state index in [2.05, 4.69) is 11.4 Å². The number of hydrogen-bond donors (Lipinski definition) is 1. The van der Waals surface area contributed by atoms with Gasteiger partial charge < -0.3 is 5.32 Å². The Kier molecular flexibility index (Phi) is 5.79. The maximum Gasteiger partial charge on any atom is 0.243 e. The average molecular weight is 393 g/mol. The summed E-state index contributed by atoms with van der Waals surface area (Å²) >= 11 is 1.64. The zero-order valence-electron chi connectivity index (χ0n) is 15.1. The number of thiophene rings is 1. The van der Waals surface area contributed by atoms with Crippen LogP contribution in [0, 0.1) is 6.92 Å².